The second-order valence-electron chi connectivity index (χ2n) is 11.8. The molecule has 0 spiro atoms. The lowest BCUT2D eigenvalue weighted by atomic mass is 10.1. The van der Waals surface area contributed by atoms with E-state index in [1.165, 1.54) is 30.6 Å². The van der Waals surface area contributed by atoms with Crippen LogP contribution in [0.1, 0.15) is 55.7 Å². The first-order valence-electron chi connectivity index (χ1n) is 13.7. The number of amides is 2. The molecule has 2 amide bonds. The molecular weight excluding hydrogens is 565 g/mol. The summed E-state index contributed by atoms with van der Waals surface area (Å²) in [5.41, 5.74) is 6.44. The summed E-state index contributed by atoms with van der Waals surface area (Å²) in [7, 11) is 0. The second-order valence-corrected chi connectivity index (χ2v) is 11.8. The number of nitrogens with zero attached hydrogens (tertiary/aromatic N) is 6. The van der Waals surface area contributed by atoms with Crippen LogP contribution in [0.4, 0.5) is 29.6 Å². The lowest BCUT2D eigenvalue weighted by molar-refractivity contribution is -0.141. The zero-order valence-corrected chi connectivity index (χ0v) is 23.6. The van der Waals surface area contributed by atoms with Gasteiger partial charge < -0.3 is 20.7 Å². The normalized spacial score (nSPS) is 20.0. The third-order valence-corrected chi connectivity index (χ3v) is 7.61. The zero-order valence-electron chi connectivity index (χ0n) is 23.6. The molecule has 1 aromatic carbocycles. The van der Waals surface area contributed by atoms with E-state index in [2.05, 4.69) is 20.3 Å². The quantitative estimate of drug-likeness (QED) is 0.324. The minimum absolute atomic E-state index is 0.123. The summed E-state index contributed by atoms with van der Waals surface area (Å²) in [6.45, 7) is 6.13. The number of carbonyl (C=O) groups excluding carboxylic acids is 2. The van der Waals surface area contributed by atoms with Crippen LogP contribution >= 0.6 is 0 Å². The largest absolute Gasteiger partial charge is 0.444 e. The fourth-order valence-corrected chi connectivity index (χ4v) is 5.84. The first kappa shape index (κ1) is 28.4. The molecule has 3 unspecified atom stereocenters. The van der Waals surface area contributed by atoms with E-state index in [1.54, 1.807) is 17.0 Å². The van der Waals surface area contributed by atoms with Gasteiger partial charge in [-0.3, -0.25) is 4.79 Å². The van der Waals surface area contributed by atoms with E-state index < -0.39 is 23.4 Å². The fourth-order valence-electron chi connectivity index (χ4n) is 5.84. The summed E-state index contributed by atoms with van der Waals surface area (Å²) in [5.74, 6) is -0.310. The van der Waals surface area contributed by atoms with Crippen LogP contribution in [-0.4, -0.2) is 59.8 Å². The Bertz CT molecular complexity index is 1710. The van der Waals surface area contributed by atoms with Crippen molar-refractivity contribution < 1.29 is 27.5 Å². The maximum atomic E-state index is 13.0. The van der Waals surface area contributed by atoms with Crippen LogP contribution in [0.5, 0.6) is 0 Å². The molecule has 2 bridgehead atoms. The van der Waals surface area contributed by atoms with Crippen molar-refractivity contribution in [2.45, 2.75) is 57.5 Å². The predicted octanol–water partition coefficient (Wildman–Crippen LogP) is 5.31. The molecule has 1 aliphatic heterocycles. The van der Waals surface area contributed by atoms with E-state index in [4.69, 9.17) is 15.6 Å². The van der Waals surface area contributed by atoms with Gasteiger partial charge in [0.05, 0.1) is 17.5 Å². The topological polar surface area (TPSA) is 141 Å². The third-order valence-electron chi connectivity index (χ3n) is 7.61. The van der Waals surface area contributed by atoms with Gasteiger partial charge in [0, 0.05) is 17.7 Å². The van der Waals surface area contributed by atoms with E-state index in [0.29, 0.717) is 34.8 Å². The number of benzene rings is 1. The number of likely N-dealkylation sites (tertiary alicyclic amines) is 1. The summed E-state index contributed by atoms with van der Waals surface area (Å²) in [6.07, 6.45) is -1.98. The van der Waals surface area contributed by atoms with Gasteiger partial charge >= 0.3 is 12.3 Å². The zero-order chi connectivity index (χ0) is 30.7. The molecule has 6 rings (SSSR count). The van der Waals surface area contributed by atoms with Crippen LogP contribution < -0.4 is 11.1 Å². The average molecular weight is 595 g/mol. The maximum absolute atomic E-state index is 13.0. The van der Waals surface area contributed by atoms with Crippen molar-refractivity contribution in [3.63, 3.8) is 0 Å². The number of nitrogens with two attached hydrogens (primary N) is 1. The number of nitrogens with one attached hydrogen (secondary N) is 1. The van der Waals surface area contributed by atoms with Gasteiger partial charge in [-0.05, 0) is 63.8 Å². The molecule has 1 saturated carbocycles. The number of rotatable bonds is 4. The van der Waals surface area contributed by atoms with Crippen molar-refractivity contribution in [3.8, 4) is 11.3 Å². The molecule has 43 heavy (non-hydrogen) atoms. The number of pyridine rings is 1. The van der Waals surface area contributed by atoms with Gasteiger partial charge in [0.25, 0.3) is 5.91 Å². The molecule has 1 saturated heterocycles. The molecular formula is C29H29F3N8O3. The Morgan fingerprint density at radius 1 is 1.02 bits per heavy atom. The Hall–Kier alpha value is -4.75. The lowest BCUT2D eigenvalue weighted by Crippen LogP contribution is -2.45. The fraction of sp³-hybridized carbons (Fsp3) is 0.379. The SMILES string of the molecule is CC(C)(C)OC(=O)N1CC2CC1C(n1nc(-c3ccc(C(=O)Nc4cccc(C(F)(F)F)n4)cc3)c3c(N)ncnc31)C2. The average Bonchev–Trinajstić information content (AvgIpc) is 3.65. The first-order chi connectivity index (χ1) is 20.3. The van der Waals surface area contributed by atoms with Crippen molar-refractivity contribution in [2.24, 2.45) is 5.92 Å². The Kier molecular flexibility index (Phi) is 6.74. The Balaban J connectivity index is 1.28. The van der Waals surface area contributed by atoms with Crippen LogP contribution in [0.2, 0.25) is 0 Å². The number of carbonyl (C=O) groups is 2. The monoisotopic (exact) mass is 594 g/mol. The second kappa shape index (κ2) is 10.2. The molecule has 1 aliphatic carbocycles. The molecule has 4 heterocycles. The highest BCUT2D eigenvalue weighted by molar-refractivity contribution is 6.04. The summed E-state index contributed by atoms with van der Waals surface area (Å²) >= 11 is 0. The van der Waals surface area contributed by atoms with Crippen molar-refractivity contribution >= 4 is 34.7 Å². The Labute approximate surface area is 244 Å². The molecule has 2 fully saturated rings. The Morgan fingerprint density at radius 3 is 2.42 bits per heavy atom. The van der Waals surface area contributed by atoms with Crippen LogP contribution in [0.3, 0.4) is 0 Å². The Morgan fingerprint density at radius 2 is 1.74 bits per heavy atom. The number of ether oxygens (including phenoxy) is 1. The minimum atomic E-state index is -4.63. The van der Waals surface area contributed by atoms with Gasteiger partial charge in [-0.2, -0.15) is 18.3 Å². The van der Waals surface area contributed by atoms with Crippen molar-refractivity contribution in [1.82, 2.24) is 29.6 Å². The minimum Gasteiger partial charge on any atom is -0.444 e. The summed E-state index contributed by atoms with van der Waals surface area (Å²) < 4.78 is 46.5. The smallest absolute Gasteiger partial charge is 0.433 e. The number of anilines is 2. The van der Waals surface area contributed by atoms with E-state index in [-0.39, 0.29) is 35.4 Å². The van der Waals surface area contributed by atoms with Gasteiger partial charge in [0.2, 0.25) is 0 Å². The van der Waals surface area contributed by atoms with Crippen molar-refractivity contribution in [2.75, 3.05) is 17.6 Å². The third kappa shape index (κ3) is 5.44. The number of piperidine rings is 1. The summed E-state index contributed by atoms with van der Waals surface area (Å²) in [5, 5.41) is 7.84. The van der Waals surface area contributed by atoms with Gasteiger partial charge in [0.1, 0.15) is 35.0 Å². The number of halogens is 3. The van der Waals surface area contributed by atoms with E-state index in [1.807, 2.05) is 25.5 Å². The van der Waals surface area contributed by atoms with E-state index in [9.17, 15) is 22.8 Å². The van der Waals surface area contributed by atoms with Gasteiger partial charge in [0.15, 0.2) is 5.65 Å². The number of alkyl halides is 3. The maximum Gasteiger partial charge on any atom is 0.433 e. The van der Waals surface area contributed by atoms with Crippen LogP contribution in [0.25, 0.3) is 22.3 Å². The molecule has 2 aliphatic rings. The molecule has 224 valence electrons. The van der Waals surface area contributed by atoms with Crippen LogP contribution in [0, 0.1) is 5.92 Å². The highest BCUT2D eigenvalue weighted by atomic mass is 19.4. The van der Waals surface area contributed by atoms with Crippen LogP contribution in [0.15, 0.2) is 48.8 Å². The number of nitrogen functional groups attached to an aromatic ring is 1. The molecule has 3 aromatic heterocycles. The highest BCUT2D eigenvalue weighted by Crippen LogP contribution is 2.46. The predicted molar refractivity (Wildman–Crippen MR) is 151 cm³/mol. The molecule has 4 aromatic rings. The van der Waals surface area contributed by atoms with E-state index >= 15 is 0 Å². The van der Waals surface area contributed by atoms with Gasteiger partial charge in [-0.1, -0.05) is 18.2 Å². The van der Waals surface area contributed by atoms with Crippen molar-refractivity contribution in [1.29, 1.82) is 0 Å². The van der Waals surface area contributed by atoms with Crippen molar-refractivity contribution in [3.05, 3.63) is 60.0 Å². The highest BCUT2D eigenvalue weighted by Gasteiger charge is 2.50. The summed E-state index contributed by atoms with van der Waals surface area (Å²) in [4.78, 5) is 39.7. The molecule has 0 radical (unpaired) electrons. The van der Waals surface area contributed by atoms with Crippen LogP contribution in [-0.2, 0) is 10.9 Å². The van der Waals surface area contributed by atoms with Gasteiger partial charge in [-0.25, -0.2) is 24.4 Å². The van der Waals surface area contributed by atoms with E-state index in [0.717, 1.165) is 18.9 Å². The molecule has 3 atom stereocenters. The molecule has 11 nitrogen and oxygen atoms in total. The number of hydrogen-bond donors (Lipinski definition) is 2. The standard InChI is InChI=1S/C29H29F3N8O3/c1-28(2,3)43-27(42)39-13-15-11-18(39)19(12-15)40-25-22(24(33)34-14-35-25)23(38-40)16-7-9-17(10-8-16)26(41)37-21-6-4-5-20(36-21)29(30,31)32/h4-10,14-15,18-19H,11-13H2,1-3H3,(H2,33,34,35)(H,36,37,41). The number of fused-ring (bicyclic) bond motifs is 3. The number of hydrogen-bond acceptors (Lipinski definition) is 8. The van der Waals surface area contributed by atoms with Gasteiger partial charge in [-0.15, -0.1) is 0 Å². The lowest BCUT2D eigenvalue weighted by Gasteiger charge is -2.34. The summed E-state index contributed by atoms with van der Waals surface area (Å²) in [6, 6.07) is 9.41. The number of aromatic nitrogens is 5. The molecule has 14 heteroatoms. The first-order valence-corrected chi connectivity index (χ1v) is 13.7. The molecule has 3 N–H and O–H groups in total.